The van der Waals surface area contributed by atoms with Gasteiger partial charge in [0.05, 0.1) is 19.7 Å². The monoisotopic (exact) mass is 387 g/mol. The quantitative estimate of drug-likeness (QED) is 0.529. The van der Waals surface area contributed by atoms with E-state index >= 15 is 0 Å². The van der Waals surface area contributed by atoms with Crippen molar-refractivity contribution in [2.24, 2.45) is 0 Å². The summed E-state index contributed by atoms with van der Waals surface area (Å²) in [5, 5.41) is 4.05. The van der Waals surface area contributed by atoms with Crippen LogP contribution in [0, 0.1) is 0 Å². The molecule has 0 spiro atoms. The Kier molecular flexibility index (Phi) is 6.68. The van der Waals surface area contributed by atoms with Gasteiger partial charge in [-0.15, -0.1) is 22.7 Å². The van der Waals surface area contributed by atoms with E-state index in [0.717, 1.165) is 9.75 Å². The predicted octanol–water partition coefficient (Wildman–Crippen LogP) is 4.82. The van der Waals surface area contributed by atoms with E-state index in [9.17, 15) is 4.79 Å². The highest BCUT2D eigenvalue weighted by atomic mass is 32.1. The molecule has 2 heterocycles. The maximum Gasteiger partial charge on any atom is 0.261 e. The summed E-state index contributed by atoms with van der Waals surface area (Å²) in [5.74, 6) is 1.21. The van der Waals surface area contributed by atoms with Crippen molar-refractivity contribution < 1.29 is 14.3 Å². The zero-order chi connectivity index (χ0) is 18.2. The highest BCUT2D eigenvalue weighted by Crippen LogP contribution is 2.26. The van der Waals surface area contributed by atoms with Crippen molar-refractivity contribution in [3.05, 3.63) is 69.0 Å². The van der Waals surface area contributed by atoms with Crippen LogP contribution in [-0.4, -0.2) is 24.0 Å². The third kappa shape index (κ3) is 5.09. The molecule has 0 unspecified atom stereocenters. The van der Waals surface area contributed by atoms with Crippen molar-refractivity contribution >= 4 is 28.6 Å². The first-order valence-corrected chi connectivity index (χ1v) is 10.2. The molecule has 0 N–H and O–H groups in total. The van der Waals surface area contributed by atoms with Crippen LogP contribution in [0.5, 0.6) is 11.5 Å². The van der Waals surface area contributed by atoms with Crippen molar-refractivity contribution in [3.63, 3.8) is 0 Å². The minimum atomic E-state index is -0.0434. The highest BCUT2D eigenvalue weighted by molar-refractivity contribution is 7.10. The van der Waals surface area contributed by atoms with Gasteiger partial charge in [0.25, 0.3) is 5.91 Å². The second kappa shape index (κ2) is 9.40. The van der Waals surface area contributed by atoms with Crippen LogP contribution in [-0.2, 0) is 17.9 Å². The molecule has 0 bridgehead atoms. The molecular weight excluding hydrogens is 366 g/mol. The zero-order valence-electron chi connectivity index (χ0n) is 14.6. The molecule has 0 atom stereocenters. The number of hydrogen-bond donors (Lipinski definition) is 0. The van der Waals surface area contributed by atoms with E-state index in [1.165, 1.54) is 0 Å². The fraction of sp³-hybridized carbons (Fsp3) is 0.250. The third-order valence-electron chi connectivity index (χ3n) is 3.71. The molecule has 0 aliphatic heterocycles. The topological polar surface area (TPSA) is 38.8 Å². The predicted molar refractivity (Wildman–Crippen MR) is 106 cm³/mol. The van der Waals surface area contributed by atoms with E-state index in [2.05, 4.69) is 0 Å². The van der Waals surface area contributed by atoms with E-state index < -0.39 is 0 Å². The average molecular weight is 388 g/mol. The van der Waals surface area contributed by atoms with Gasteiger partial charge in [0.2, 0.25) is 0 Å². The summed E-state index contributed by atoms with van der Waals surface area (Å²) in [6, 6.07) is 15.5. The van der Waals surface area contributed by atoms with Gasteiger partial charge in [-0.1, -0.05) is 24.3 Å². The Morgan fingerprint density at radius 1 is 0.885 bits per heavy atom. The first-order chi connectivity index (χ1) is 12.8. The SMILES string of the molecule is CCOc1ccccc1OCC(=O)N(Cc1cccs1)Cc1cccs1. The molecule has 2 aromatic heterocycles. The number of rotatable bonds is 9. The lowest BCUT2D eigenvalue weighted by Gasteiger charge is -2.22. The highest BCUT2D eigenvalue weighted by Gasteiger charge is 2.17. The fourth-order valence-corrected chi connectivity index (χ4v) is 3.93. The number of ether oxygens (including phenoxy) is 2. The van der Waals surface area contributed by atoms with Gasteiger partial charge in [0.15, 0.2) is 18.1 Å². The Bertz CT molecular complexity index is 764. The van der Waals surface area contributed by atoms with Crippen LogP contribution in [0.2, 0.25) is 0 Å². The summed E-state index contributed by atoms with van der Waals surface area (Å²) >= 11 is 3.31. The van der Waals surface area contributed by atoms with Crippen molar-refractivity contribution in [1.82, 2.24) is 4.90 Å². The van der Waals surface area contributed by atoms with Crippen LogP contribution in [0.4, 0.5) is 0 Å². The van der Waals surface area contributed by atoms with Gasteiger partial charge < -0.3 is 14.4 Å². The molecule has 0 saturated carbocycles. The number of nitrogens with zero attached hydrogens (tertiary/aromatic N) is 1. The molecular formula is C20H21NO3S2. The average Bonchev–Trinajstić information content (AvgIpc) is 3.34. The Morgan fingerprint density at radius 2 is 1.46 bits per heavy atom. The Morgan fingerprint density at radius 3 is 1.96 bits per heavy atom. The molecule has 136 valence electrons. The smallest absolute Gasteiger partial charge is 0.261 e. The minimum absolute atomic E-state index is 0.0131. The molecule has 0 fully saturated rings. The number of para-hydroxylation sites is 2. The maximum absolute atomic E-state index is 12.8. The molecule has 26 heavy (non-hydrogen) atoms. The van der Waals surface area contributed by atoms with Gasteiger partial charge in [-0.05, 0) is 41.9 Å². The van der Waals surface area contributed by atoms with Crippen LogP contribution in [0.15, 0.2) is 59.3 Å². The second-order valence-electron chi connectivity index (χ2n) is 5.58. The number of thiophene rings is 2. The van der Waals surface area contributed by atoms with Gasteiger partial charge in [-0.25, -0.2) is 0 Å². The normalized spacial score (nSPS) is 10.5. The summed E-state index contributed by atoms with van der Waals surface area (Å²) in [6.45, 7) is 3.64. The fourth-order valence-electron chi connectivity index (χ4n) is 2.49. The first-order valence-electron chi connectivity index (χ1n) is 8.43. The van der Waals surface area contributed by atoms with E-state index in [-0.39, 0.29) is 12.5 Å². The van der Waals surface area contributed by atoms with Crippen LogP contribution in [0.3, 0.4) is 0 Å². The Labute approximate surface area is 161 Å². The van der Waals surface area contributed by atoms with Gasteiger partial charge in [-0.2, -0.15) is 0 Å². The van der Waals surface area contributed by atoms with Gasteiger partial charge in [0, 0.05) is 9.75 Å². The first kappa shape index (κ1) is 18.5. The molecule has 1 amide bonds. The molecule has 0 aliphatic rings. The lowest BCUT2D eigenvalue weighted by atomic mass is 10.3. The van der Waals surface area contributed by atoms with Crippen molar-refractivity contribution in [3.8, 4) is 11.5 Å². The molecule has 3 rings (SSSR count). The van der Waals surface area contributed by atoms with Gasteiger partial charge in [-0.3, -0.25) is 4.79 Å². The summed E-state index contributed by atoms with van der Waals surface area (Å²) in [4.78, 5) is 17.0. The minimum Gasteiger partial charge on any atom is -0.490 e. The standard InChI is InChI=1S/C20H21NO3S2/c1-2-23-18-9-3-4-10-19(18)24-15-20(22)21(13-16-7-5-11-25-16)14-17-8-6-12-26-17/h3-12H,2,13-15H2,1H3. The van der Waals surface area contributed by atoms with Crippen molar-refractivity contribution in [2.45, 2.75) is 20.0 Å². The van der Waals surface area contributed by atoms with Gasteiger partial charge in [0.1, 0.15) is 0 Å². The lowest BCUT2D eigenvalue weighted by molar-refractivity contribution is -0.134. The second-order valence-corrected chi connectivity index (χ2v) is 7.64. The summed E-state index contributed by atoms with van der Waals surface area (Å²) < 4.78 is 11.3. The van der Waals surface area contributed by atoms with Crippen LogP contribution in [0.25, 0.3) is 0 Å². The number of amides is 1. The van der Waals surface area contributed by atoms with E-state index in [4.69, 9.17) is 9.47 Å². The maximum atomic E-state index is 12.8. The van der Waals surface area contributed by atoms with Crippen molar-refractivity contribution in [1.29, 1.82) is 0 Å². The van der Waals surface area contributed by atoms with E-state index in [1.807, 2.05) is 71.1 Å². The number of carbonyl (C=O) groups is 1. The third-order valence-corrected chi connectivity index (χ3v) is 5.43. The molecule has 1 aromatic carbocycles. The molecule has 3 aromatic rings. The zero-order valence-corrected chi connectivity index (χ0v) is 16.2. The molecule has 4 nitrogen and oxygen atoms in total. The van der Waals surface area contributed by atoms with E-state index in [0.29, 0.717) is 31.2 Å². The Balaban J connectivity index is 1.67. The van der Waals surface area contributed by atoms with Crippen LogP contribution >= 0.6 is 22.7 Å². The summed E-state index contributed by atoms with van der Waals surface area (Å²) in [5.41, 5.74) is 0. The molecule has 6 heteroatoms. The van der Waals surface area contributed by atoms with E-state index in [1.54, 1.807) is 22.7 Å². The lowest BCUT2D eigenvalue weighted by Crippen LogP contribution is -2.33. The van der Waals surface area contributed by atoms with Crippen LogP contribution in [0.1, 0.15) is 16.7 Å². The summed E-state index contributed by atoms with van der Waals surface area (Å²) in [6.07, 6.45) is 0. The van der Waals surface area contributed by atoms with Gasteiger partial charge >= 0.3 is 0 Å². The number of hydrogen-bond acceptors (Lipinski definition) is 5. The molecule has 0 radical (unpaired) electrons. The molecule has 0 saturated heterocycles. The number of carbonyl (C=O) groups excluding carboxylic acids is 1. The van der Waals surface area contributed by atoms with Crippen LogP contribution < -0.4 is 9.47 Å². The molecule has 0 aliphatic carbocycles. The largest absolute Gasteiger partial charge is 0.490 e. The Hall–Kier alpha value is -2.31. The number of benzene rings is 1. The van der Waals surface area contributed by atoms with Crippen molar-refractivity contribution in [2.75, 3.05) is 13.2 Å². The summed E-state index contributed by atoms with van der Waals surface area (Å²) in [7, 11) is 0.